The zero-order chi connectivity index (χ0) is 7.84. The summed E-state index contributed by atoms with van der Waals surface area (Å²) in [6, 6.07) is 8.00. The second kappa shape index (κ2) is 3.59. The van der Waals surface area contributed by atoms with E-state index < -0.39 is 0 Å². The van der Waals surface area contributed by atoms with E-state index >= 15 is 0 Å². The van der Waals surface area contributed by atoms with Gasteiger partial charge in [-0.1, -0.05) is 24.3 Å². The summed E-state index contributed by atoms with van der Waals surface area (Å²) in [5, 5.41) is 9.59. The number of aliphatic hydroxyl groups is 1. The molecule has 1 nitrogen and oxygen atoms in total. The van der Waals surface area contributed by atoms with Crippen molar-refractivity contribution < 1.29 is 21.6 Å². The molecule has 0 saturated heterocycles. The first-order valence-electron chi connectivity index (χ1n) is 3.88. The monoisotopic (exact) mass is 205 g/mol. The molecule has 2 atom stereocenters. The quantitative estimate of drug-likeness (QED) is 0.506. The summed E-state index contributed by atoms with van der Waals surface area (Å²) in [7, 11) is 0. The number of rotatable bonds is 0. The number of hydrogen-bond acceptors (Lipinski definition) is 1. The first-order chi connectivity index (χ1) is 5.29. The van der Waals surface area contributed by atoms with Crippen LogP contribution in [0, 0.1) is 12.8 Å². The van der Waals surface area contributed by atoms with Crippen molar-refractivity contribution in [3.8, 4) is 0 Å². The first-order valence-corrected chi connectivity index (χ1v) is 3.88. The van der Waals surface area contributed by atoms with Gasteiger partial charge in [0.2, 0.25) is 0 Å². The van der Waals surface area contributed by atoms with Gasteiger partial charge in [0.05, 0.1) is 6.10 Å². The molecule has 2 rings (SSSR count). The Kier molecular flexibility index (Phi) is 2.92. The van der Waals surface area contributed by atoms with E-state index in [9.17, 15) is 5.11 Å². The molecule has 1 aromatic rings. The molecule has 0 amide bonds. The molecule has 0 spiro atoms. The Morgan fingerprint density at radius 1 is 1.33 bits per heavy atom. The third kappa shape index (κ3) is 1.42. The fraction of sp³-hybridized carbons (Fsp3) is 0.300. The van der Waals surface area contributed by atoms with Crippen molar-refractivity contribution in [2.75, 3.05) is 0 Å². The van der Waals surface area contributed by atoms with Crippen LogP contribution in [0.5, 0.6) is 0 Å². The molecule has 0 aliphatic heterocycles. The van der Waals surface area contributed by atoms with Crippen molar-refractivity contribution in [3.05, 3.63) is 42.3 Å². The van der Waals surface area contributed by atoms with E-state index in [1.54, 1.807) is 0 Å². The van der Waals surface area contributed by atoms with E-state index in [0.717, 1.165) is 12.0 Å². The van der Waals surface area contributed by atoms with Gasteiger partial charge in [-0.15, -0.1) is 5.92 Å². The first kappa shape index (κ1) is 9.76. The molecule has 0 saturated carbocycles. The Morgan fingerprint density at radius 3 is 2.67 bits per heavy atom. The van der Waals surface area contributed by atoms with Crippen molar-refractivity contribution in [1.82, 2.24) is 0 Å². The van der Waals surface area contributed by atoms with Crippen molar-refractivity contribution >= 4 is 0 Å². The van der Waals surface area contributed by atoms with Gasteiger partial charge in [0.15, 0.2) is 0 Å². The molecular weight excluding hydrogens is 195 g/mol. The molecule has 0 unspecified atom stereocenters. The third-order valence-corrected chi connectivity index (χ3v) is 2.30. The minimum Gasteiger partial charge on any atom is -0.391 e. The maximum atomic E-state index is 9.59. The molecule has 0 fully saturated rings. The van der Waals surface area contributed by atoms with Gasteiger partial charge in [0.25, 0.3) is 0 Å². The van der Waals surface area contributed by atoms with Crippen LogP contribution < -0.4 is 0 Å². The third-order valence-electron chi connectivity index (χ3n) is 2.30. The Bertz CT molecular complexity index is 272. The van der Waals surface area contributed by atoms with Gasteiger partial charge >= 0.3 is 0 Å². The van der Waals surface area contributed by atoms with E-state index in [0.29, 0.717) is 0 Å². The summed E-state index contributed by atoms with van der Waals surface area (Å²) in [6.45, 7) is 3.88. The average Bonchev–Trinajstić information content (AvgIpc) is 2.30. The van der Waals surface area contributed by atoms with Gasteiger partial charge in [-0.05, 0) is 17.5 Å². The molecule has 1 aliphatic rings. The SMILES string of the molecule is [CH2-][C@H]1Cc2ccccc2[C@H]1O.[Ni]. The summed E-state index contributed by atoms with van der Waals surface area (Å²) in [6.07, 6.45) is 0.573. The van der Waals surface area contributed by atoms with Gasteiger partial charge in [-0.3, -0.25) is 0 Å². The molecule has 0 radical (unpaired) electrons. The predicted molar refractivity (Wildman–Crippen MR) is 44.0 cm³/mol. The van der Waals surface area contributed by atoms with Gasteiger partial charge in [-0.25, -0.2) is 0 Å². The van der Waals surface area contributed by atoms with Crippen molar-refractivity contribution in [1.29, 1.82) is 0 Å². The van der Waals surface area contributed by atoms with Crippen molar-refractivity contribution in [3.63, 3.8) is 0 Å². The second-order valence-electron chi connectivity index (χ2n) is 3.11. The summed E-state index contributed by atoms with van der Waals surface area (Å²) in [4.78, 5) is 0. The predicted octanol–water partition coefficient (Wildman–Crippen LogP) is 1.72. The standard InChI is InChI=1S/C10H11O.Ni/c1-7-6-8-4-2-3-5-9(8)10(7)11;/h2-5,7,10-11H,1,6H2;/q-1;/t7-,10-;/m0./s1. The number of fused-ring (bicyclic) bond motifs is 1. The van der Waals surface area contributed by atoms with Crippen LogP contribution in [0.25, 0.3) is 0 Å². The molecule has 68 valence electrons. The topological polar surface area (TPSA) is 20.2 Å². The molecule has 1 aliphatic carbocycles. The molecule has 0 aromatic heterocycles. The van der Waals surface area contributed by atoms with E-state index in [1.807, 2.05) is 18.2 Å². The van der Waals surface area contributed by atoms with E-state index in [1.165, 1.54) is 5.56 Å². The number of aliphatic hydroxyl groups excluding tert-OH is 1. The van der Waals surface area contributed by atoms with Crippen LogP contribution >= 0.6 is 0 Å². The van der Waals surface area contributed by atoms with E-state index in [4.69, 9.17) is 0 Å². The Balaban J connectivity index is 0.000000720. The average molecular weight is 206 g/mol. The Morgan fingerprint density at radius 2 is 2.00 bits per heavy atom. The van der Waals surface area contributed by atoms with Gasteiger partial charge in [-0.2, -0.15) is 0 Å². The normalized spacial score (nSPS) is 26.2. The van der Waals surface area contributed by atoms with Gasteiger partial charge in [0.1, 0.15) is 0 Å². The molecule has 0 bridgehead atoms. The van der Waals surface area contributed by atoms with E-state index in [2.05, 4.69) is 13.0 Å². The number of benzene rings is 1. The van der Waals surface area contributed by atoms with Crippen LogP contribution in [0.15, 0.2) is 24.3 Å². The van der Waals surface area contributed by atoms with Gasteiger partial charge < -0.3 is 12.0 Å². The van der Waals surface area contributed by atoms with Crippen LogP contribution in [0.2, 0.25) is 0 Å². The van der Waals surface area contributed by atoms with Crippen molar-refractivity contribution in [2.24, 2.45) is 5.92 Å². The second-order valence-corrected chi connectivity index (χ2v) is 3.11. The molecule has 2 heteroatoms. The minimum absolute atomic E-state index is 0. The van der Waals surface area contributed by atoms with Crippen LogP contribution in [0.4, 0.5) is 0 Å². The summed E-state index contributed by atoms with van der Waals surface area (Å²) < 4.78 is 0. The fourth-order valence-electron chi connectivity index (χ4n) is 1.66. The number of hydrogen-bond donors (Lipinski definition) is 1. The molecule has 0 heterocycles. The molecule has 12 heavy (non-hydrogen) atoms. The zero-order valence-electron chi connectivity index (χ0n) is 6.64. The van der Waals surface area contributed by atoms with Crippen LogP contribution in [0.1, 0.15) is 17.2 Å². The van der Waals surface area contributed by atoms with E-state index in [-0.39, 0.29) is 28.5 Å². The summed E-state index contributed by atoms with van der Waals surface area (Å²) >= 11 is 0. The van der Waals surface area contributed by atoms with Crippen molar-refractivity contribution in [2.45, 2.75) is 12.5 Å². The maximum Gasteiger partial charge on any atom is 0.0552 e. The van der Waals surface area contributed by atoms with Crippen LogP contribution in [-0.2, 0) is 22.9 Å². The van der Waals surface area contributed by atoms with Crippen LogP contribution in [-0.4, -0.2) is 5.11 Å². The largest absolute Gasteiger partial charge is 0.391 e. The summed E-state index contributed by atoms with van der Waals surface area (Å²) in [5.41, 5.74) is 2.31. The Labute approximate surface area is 82.7 Å². The minimum atomic E-state index is -0.341. The summed E-state index contributed by atoms with van der Waals surface area (Å²) in [5.74, 6) is 0.146. The molecule has 1 aromatic carbocycles. The molecular formula is C10H11NiO-. The fourth-order valence-corrected chi connectivity index (χ4v) is 1.66. The maximum absolute atomic E-state index is 9.59. The smallest absolute Gasteiger partial charge is 0.0552 e. The zero-order valence-corrected chi connectivity index (χ0v) is 7.63. The van der Waals surface area contributed by atoms with Gasteiger partial charge in [0, 0.05) is 16.5 Å². The molecule has 1 N–H and O–H groups in total. The van der Waals surface area contributed by atoms with Crippen LogP contribution in [0.3, 0.4) is 0 Å². The Hall–Kier alpha value is -0.326.